The molecule has 0 amide bonds. The second-order valence-electron chi connectivity index (χ2n) is 4.38. The number of rotatable bonds is 5. The van der Waals surface area contributed by atoms with Crippen LogP contribution in [0.2, 0.25) is 0 Å². The average molecular weight is 284 g/mol. The van der Waals surface area contributed by atoms with Gasteiger partial charge >= 0.3 is 5.97 Å². The molecule has 5 heteroatoms. The summed E-state index contributed by atoms with van der Waals surface area (Å²) in [6.45, 7) is 4.29. The standard InChI is InChI=1S/C14H17NO3.ClH/c1-2-5-10-6-3-4-7-13(10)18-11-8-12(14(16)17)15-9-11;/h2-4,6-7,11-12,15H,1,5,8-9H2,(H,16,17);1H/t11-,12+;/m1./s1. The minimum absolute atomic E-state index is 0. The molecule has 104 valence electrons. The van der Waals surface area contributed by atoms with Crippen molar-refractivity contribution in [2.75, 3.05) is 6.54 Å². The van der Waals surface area contributed by atoms with Crippen LogP contribution < -0.4 is 10.1 Å². The van der Waals surface area contributed by atoms with Crippen molar-refractivity contribution in [3.05, 3.63) is 42.5 Å². The van der Waals surface area contributed by atoms with Crippen LogP contribution in [0.1, 0.15) is 12.0 Å². The highest BCUT2D eigenvalue weighted by Gasteiger charge is 2.30. The van der Waals surface area contributed by atoms with Gasteiger partial charge in [-0.1, -0.05) is 24.3 Å². The number of hydrogen-bond acceptors (Lipinski definition) is 3. The molecule has 0 radical (unpaired) electrons. The van der Waals surface area contributed by atoms with Gasteiger partial charge in [0.1, 0.15) is 17.9 Å². The van der Waals surface area contributed by atoms with Gasteiger partial charge in [-0.2, -0.15) is 0 Å². The molecule has 0 unspecified atom stereocenters. The van der Waals surface area contributed by atoms with Crippen LogP contribution in [0.4, 0.5) is 0 Å². The van der Waals surface area contributed by atoms with Crippen LogP contribution in [0.15, 0.2) is 36.9 Å². The third-order valence-electron chi connectivity index (χ3n) is 3.02. The average Bonchev–Trinajstić information content (AvgIpc) is 2.81. The van der Waals surface area contributed by atoms with E-state index >= 15 is 0 Å². The van der Waals surface area contributed by atoms with Gasteiger partial charge in [-0.3, -0.25) is 4.79 Å². The van der Waals surface area contributed by atoms with Gasteiger partial charge in [-0.05, 0) is 18.1 Å². The van der Waals surface area contributed by atoms with E-state index < -0.39 is 12.0 Å². The zero-order valence-electron chi connectivity index (χ0n) is 10.5. The second-order valence-corrected chi connectivity index (χ2v) is 4.38. The van der Waals surface area contributed by atoms with Gasteiger partial charge in [0.15, 0.2) is 0 Å². The van der Waals surface area contributed by atoms with Crippen LogP contribution in [0.5, 0.6) is 5.75 Å². The fourth-order valence-corrected chi connectivity index (χ4v) is 2.10. The lowest BCUT2D eigenvalue weighted by Crippen LogP contribution is -2.30. The Hall–Kier alpha value is -1.52. The van der Waals surface area contributed by atoms with Gasteiger partial charge < -0.3 is 15.2 Å². The maximum absolute atomic E-state index is 10.8. The molecule has 1 fully saturated rings. The molecule has 2 rings (SSSR count). The molecule has 0 aromatic heterocycles. The number of carboxylic acid groups (broad SMARTS) is 1. The minimum atomic E-state index is -0.819. The van der Waals surface area contributed by atoms with Crippen molar-refractivity contribution in [1.29, 1.82) is 0 Å². The molecule has 1 saturated heterocycles. The molecule has 2 N–H and O–H groups in total. The number of para-hydroxylation sites is 1. The first-order valence-electron chi connectivity index (χ1n) is 6.02. The molecule has 1 aliphatic rings. The van der Waals surface area contributed by atoms with Crippen molar-refractivity contribution in [2.45, 2.75) is 25.0 Å². The maximum atomic E-state index is 10.8. The summed E-state index contributed by atoms with van der Waals surface area (Å²) in [5.41, 5.74) is 1.08. The van der Waals surface area contributed by atoms with Crippen LogP contribution in [0.3, 0.4) is 0 Å². The first-order chi connectivity index (χ1) is 8.70. The third-order valence-corrected chi connectivity index (χ3v) is 3.02. The summed E-state index contributed by atoms with van der Waals surface area (Å²) in [6, 6.07) is 7.28. The van der Waals surface area contributed by atoms with Gasteiger partial charge in [0.2, 0.25) is 0 Å². The fourth-order valence-electron chi connectivity index (χ4n) is 2.10. The Morgan fingerprint density at radius 2 is 2.26 bits per heavy atom. The molecule has 1 heterocycles. The van der Waals surface area contributed by atoms with E-state index in [1.165, 1.54) is 0 Å². The summed E-state index contributed by atoms with van der Waals surface area (Å²) in [4.78, 5) is 10.8. The summed E-state index contributed by atoms with van der Waals surface area (Å²) in [5, 5.41) is 11.8. The van der Waals surface area contributed by atoms with Crippen LogP contribution in [0, 0.1) is 0 Å². The molecule has 0 bridgehead atoms. The highest BCUT2D eigenvalue weighted by atomic mass is 35.5. The van der Waals surface area contributed by atoms with Gasteiger partial charge in [0.05, 0.1) is 0 Å². The number of carbonyl (C=O) groups is 1. The van der Waals surface area contributed by atoms with E-state index in [1.807, 2.05) is 30.3 Å². The van der Waals surface area contributed by atoms with E-state index in [9.17, 15) is 4.79 Å². The number of allylic oxidation sites excluding steroid dienone is 1. The number of carboxylic acids is 1. The second kappa shape index (κ2) is 7.16. The summed E-state index contributed by atoms with van der Waals surface area (Å²) in [6.07, 6.45) is 2.99. The van der Waals surface area contributed by atoms with E-state index in [-0.39, 0.29) is 18.5 Å². The molecular weight excluding hydrogens is 266 g/mol. The number of hydrogen-bond donors (Lipinski definition) is 2. The Bertz CT molecular complexity index is 450. The van der Waals surface area contributed by atoms with E-state index in [0.29, 0.717) is 13.0 Å². The van der Waals surface area contributed by atoms with Crippen molar-refractivity contribution >= 4 is 18.4 Å². The van der Waals surface area contributed by atoms with E-state index in [1.54, 1.807) is 0 Å². The minimum Gasteiger partial charge on any atom is -0.489 e. The fraction of sp³-hybridized carbons (Fsp3) is 0.357. The summed E-state index contributed by atoms with van der Waals surface area (Å²) >= 11 is 0. The quantitative estimate of drug-likeness (QED) is 0.812. The van der Waals surface area contributed by atoms with Crippen LogP contribution in [-0.4, -0.2) is 29.8 Å². The maximum Gasteiger partial charge on any atom is 0.320 e. The van der Waals surface area contributed by atoms with Crippen molar-refractivity contribution in [3.8, 4) is 5.75 Å². The van der Waals surface area contributed by atoms with Gasteiger partial charge in [-0.25, -0.2) is 0 Å². The lowest BCUT2D eigenvalue weighted by atomic mass is 10.1. The molecule has 2 atom stereocenters. The summed E-state index contributed by atoms with van der Waals surface area (Å²) < 4.78 is 5.87. The zero-order valence-corrected chi connectivity index (χ0v) is 11.4. The monoisotopic (exact) mass is 283 g/mol. The summed E-state index contributed by atoms with van der Waals surface area (Å²) in [5.74, 6) is -0.00397. The molecule has 19 heavy (non-hydrogen) atoms. The highest BCUT2D eigenvalue weighted by molar-refractivity contribution is 5.85. The SMILES string of the molecule is C=CCc1ccccc1O[C@H]1CN[C@H](C(=O)O)C1.Cl. The molecule has 1 aromatic rings. The number of aliphatic carboxylic acids is 1. The number of nitrogens with one attached hydrogen (secondary N) is 1. The van der Waals surface area contributed by atoms with Crippen molar-refractivity contribution in [1.82, 2.24) is 5.32 Å². The Balaban J connectivity index is 0.00000180. The molecule has 0 spiro atoms. The molecular formula is C14H18ClNO3. The third kappa shape index (κ3) is 3.98. The van der Waals surface area contributed by atoms with Gasteiger partial charge in [0.25, 0.3) is 0 Å². The lowest BCUT2D eigenvalue weighted by Gasteiger charge is -2.15. The van der Waals surface area contributed by atoms with E-state index in [0.717, 1.165) is 17.7 Å². The smallest absolute Gasteiger partial charge is 0.320 e. The van der Waals surface area contributed by atoms with Crippen molar-refractivity contribution in [3.63, 3.8) is 0 Å². The molecule has 4 nitrogen and oxygen atoms in total. The van der Waals surface area contributed by atoms with Crippen LogP contribution in [-0.2, 0) is 11.2 Å². The normalized spacial score (nSPS) is 21.5. The topological polar surface area (TPSA) is 58.6 Å². The van der Waals surface area contributed by atoms with Crippen molar-refractivity contribution < 1.29 is 14.6 Å². The highest BCUT2D eigenvalue weighted by Crippen LogP contribution is 2.22. The predicted molar refractivity (Wildman–Crippen MR) is 76.1 cm³/mol. The first kappa shape index (κ1) is 15.5. The molecule has 0 saturated carbocycles. The Labute approximate surface area is 118 Å². The van der Waals surface area contributed by atoms with Gasteiger partial charge in [0, 0.05) is 13.0 Å². The molecule has 0 aliphatic carbocycles. The van der Waals surface area contributed by atoms with Gasteiger partial charge in [-0.15, -0.1) is 19.0 Å². The van der Waals surface area contributed by atoms with Crippen LogP contribution in [0.25, 0.3) is 0 Å². The molecule has 1 aliphatic heterocycles. The summed E-state index contributed by atoms with van der Waals surface area (Å²) in [7, 11) is 0. The Morgan fingerprint density at radius 3 is 2.89 bits per heavy atom. The lowest BCUT2D eigenvalue weighted by molar-refractivity contribution is -0.139. The molecule has 1 aromatic carbocycles. The first-order valence-corrected chi connectivity index (χ1v) is 6.02. The van der Waals surface area contributed by atoms with Crippen LogP contribution >= 0.6 is 12.4 Å². The Kier molecular flexibility index (Phi) is 5.86. The largest absolute Gasteiger partial charge is 0.489 e. The number of benzene rings is 1. The van der Waals surface area contributed by atoms with E-state index in [4.69, 9.17) is 9.84 Å². The van der Waals surface area contributed by atoms with E-state index in [2.05, 4.69) is 11.9 Å². The number of halogens is 1. The van der Waals surface area contributed by atoms with Crippen molar-refractivity contribution in [2.24, 2.45) is 0 Å². The predicted octanol–water partition coefficient (Wildman–Crippen LogP) is 2.03. The number of ether oxygens (including phenoxy) is 1. The Morgan fingerprint density at radius 1 is 1.53 bits per heavy atom. The zero-order chi connectivity index (χ0) is 13.0.